The van der Waals surface area contributed by atoms with Crippen molar-refractivity contribution < 1.29 is 23.9 Å². The van der Waals surface area contributed by atoms with E-state index in [4.69, 9.17) is 14.2 Å². The third-order valence-electron chi connectivity index (χ3n) is 5.33. The van der Waals surface area contributed by atoms with Crippen molar-refractivity contribution in [3.8, 4) is 22.7 Å². The Hall–Kier alpha value is -4.50. The number of benzene rings is 3. The highest BCUT2D eigenvalue weighted by Crippen LogP contribution is 2.33. The van der Waals surface area contributed by atoms with Crippen molar-refractivity contribution in [2.24, 2.45) is 0 Å². The third-order valence-corrected chi connectivity index (χ3v) is 5.33. The number of non-ortho nitro benzene ring substituents is 1. The van der Waals surface area contributed by atoms with Crippen molar-refractivity contribution in [1.82, 2.24) is 9.78 Å². The summed E-state index contributed by atoms with van der Waals surface area (Å²) in [6, 6.07) is 23.2. The molecule has 2 heterocycles. The minimum atomic E-state index is -0.620. The molecule has 1 aliphatic heterocycles. The summed E-state index contributed by atoms with van der Waals surface area (Å²) in [5.74, 6) is -0.183. The maximum Gasteiger partial charge on any atom is 0.357 e. The first-order valence-electron chi connectivity index (χ1n) is 10.5. The molecule has 5 rings (SSSR count). The molecule has 0 atom stereocenters. The van der Waals surface area contributed by atoms with E-state index < -0.39 is 10.9 Å². The van der Waals surface area contributed by atoms with Gasteiger partial charge in [0, 0.05) is 28.8 Å². The second-order valence-corrected chi connectivity index (χ2v) is 7.57. The van der Waals surface area contributed by atoms with Crippen molar-refractivity contribution >= 4 is 11.7 Å². The van der Waals surface area contributed by atoms with E-state index >= 15 is 0 Å². The second-order valence-electron chi connectivity index (χ2n) is 7.57. The fraction of sp³-hybridized carbons (Fsp3) is 0.120. The minimum Gasteiger partial charge on any atom is -0.467 e. The molecule has 34 heavy (non-hydrogen) atoms. The molecule has 0 spiro atoms. The summed E-state index contributed by atoms with van der Waals surface area (Å²) in [6.07, 6.45) is 0. The number of fused-ring (bicyclic) bond motifs is 1. The molecule has 4 aromatic rings. The number of aromatic nitrogens is 2. The maximum absolute atomic E-state index is 13.2. The van der Waals surface area contributed by atoms with Crippen LogP contribution in [0.1, 0.15) is 21.6 Å². The number of para-hydroxylation sites is 1. The normalized spacial score (nSPS) is 12.5. The van der Waals surface area contributed by atoms with E-state index in [1.807, 2.05) is 60.7 Å². The van der Waals surface area contributed by atoms with Crippen LogP contribution < -0.4 is 4.74 Å². The lowest BCUT2D eigenvalue weighted by Gasteiger charge is -2.20. The summed E-state index contributed by atoms with van der Waals surface area (Å²) in [6.45, 7) is -0.00433. The lowest BCUT2D eigenvalue weighted by atomic mass is 10.1. The Morgan fingerprint density at radius 3 is 2.53 bits per heavy atom. The minimum absolute atomic E-state index is 0.0208. The predicted octanol–water partition coefficient (Wildman–Crippen LogP) is 4.67. The van der Waals surface area contributed by atoms with E-state index in [2.05, 4.69) is 5.10 Å². The van der Waals surface area contributed by atoms with Gasteiger partial charge in [-0.2, -0.15) is 5.10 Å². The third kappa shape index (κ3) is 4.24. The smallest absolute Gasteiger partial charge is 0.357 e. The molecule has 0 bridgehead atoms. The average Bonchev–Trinajstić information content (AvgIpc) is 3.34. The van der Waals surface area contributed by atoms with Gasteiger partial charge in [-0.05, 0) is 18.2 Å². The van der Waals surface area contributed by atoms with Gasteiger partial charge in [-0.15, -0.1) is 0 Å². The number of carbonyl (C=O) groups is 1. The molecular weight excluding hydrogens is 438 g/mol. The predicted molar refractivity (Wildman–Crippen MR) is 121 cm³/mol. The number of ether oxygens (including phenoxy) is 3. The summed E-state index contributed by atoms with van der Waals surface area (Å²) in [7, 11) is 0. The van der Waals surface area contributed by atoms with E-state index in [0.29, 0.717) is 28.3 Å². The molecule has 0 unspecified atom stereocenters. The molecule has 0 N–H and O–H groups in total. The van der Waals surface area contributed by atoms with Gasteiger partial charge >= 0.3 is 5.97 Å². The highest BCUT2D eigenvalue weighted by Gasteiger charge is 2.24. The largest absolute Gasteiger partial charge is 0.467 e. The van der Waals surface area contributed by atoms with Crippen molar-refractivity contribution in [2.75, 3.05) is 6.79 Å². The van der Waals surface area contributed by atoms with Crippen molar-refractivity contribution in [3.05, 3.63) is 106 Å². The fourth-order valence-electron chi connectivity index (χ4n) is 3.75. The van der Waals surface area contributed by atoms with Crippen LogP contribution in [0.2, 0.25) is 0 Å². The second kappa shape index (κ2) is 9.16. The fourth-order valence-corrected chi connectivity index (χ4v) is 3.75. The summed E-state index contributed by atoms with van der Waals surface area (Å²) >= 11 is 0. The number of rotatable bonds is 6. The number of carbonyl (C=O) groups excluding carboxylic acids is 1. The molecule has 9 heteroatoms. The van der Waals surface area contributed by atoms with Crippen molar-refractivity contribution in [1.29, 1.82) is 0 Å². The van der Waals surface area contributed by atoms with E-state index in [0.717, 1.165) is 5.56 Å². The Labute approximate surface area is 194 Å². The number of hydrogen-bond acceptors (Lipinski definition) is 7. The molecule has 9 nitrogen and oxygen atoms in total. The summed E-state index contributed by atoms with van der Waals surface area (Å²) in [4.78, 5) is 24.0. The molecule has 0 amide bonds. The zero-order valence-corrected chi connectivity index (χ0v) is 17.9. The van der Waals surface area contributed by atoms with Crippen LogP contribution in [0.5, 0.6) is 5.75 Å². The molecule has 0 fully saturated rings. The van der Waals surface area contributed by atoms with Crippen molar-refractivity contribution in [3.63, 3.8) is 0 Å². The van der Waals surface area contributed by atoms with Crippen LogP contribution in [-0.2, 0) is 22.7 Å². The summed E-state index contributed by atoms with van der Waals surface area (Å²) < 4.78 is 17.9. The van der Waals surface area contributed by atoms with Gasteiger partial charge < -0.3 is 14.2 Å². The molecule has 1 aliphatic rings. The lowest BCUT2D eigenvalue weighted by Crippen LogP contribution is -2.16. The number of hydrogen-bond donors (Lipinski definition) is 0. The Morgan fingerprint density at radius 2 is 1.79 bits per heavy atom. The highest BCUT2D eigenvalue weighted by molar-refractivity contribution is 5.90. The van der Waals surface area contributed by atoms with Gasteiger partial charge in [0.05, 0.1) is 22.9 Å². The maximum atomic E-state index is 13.2. The monoisotopic (exact) mass is 457 g/mol. The molecular formula is C25H19N3O6. The summed E-state index contributed by atoms with van der Waals surface area (Å²) in [5, 5.41) is 16.0. The van der Waals surface area contributed by atoms with Crippen LogP contribution in [0, 0.1) is 10.1 Å². The number of nitro benzene ring substituents is 1. The number of nitro groups is 1. The summed E-state index contributed by atoms with van der Waals surface area (Å²) in [5.41, 5.74) is 3.21. The van der Waals surface area contributed by atoms with E-state index in [1.54, 1.807) is 6.07 Å². The van der Waals surface area contributed by atoms with Crippen LogP contribution in [0.3, 0.4) is 0 Å². The number of nitrogens with zero attached hydrogens (tertiary/aromatic N) is 3. The topological polar surface area (TPSA) is 106 Å². The van der Waals surface area contributed by atoms with Crippen LogP contribution in [0.4, 0.5) is 5.69 Å². The van der Waals surface area contributed by atoms with Crippen LogP contribution in [0.15, 0.2) is 78.9 Å². The van der Waals surface area contributed by atoms with E-state index in [9.17, 15) is 14.9 Å². The Bertz CT molecular complexity index is 1350. The van der Waals surface area contributed by atoms with Gasteiger partial charge in [0.1, 0.15) is 12.4 Å². The molecule has 170 valence electrons. The van der Waals surface area contributed by atoms with E-state index in [1.165, 1.54) is 16.8 Å². The van der Waals surface area contributed by atoms with Crippen LogP contribution in [-0.4, -0.2) is 27.5 Å². The van der Waals surface area contributed by atoms with E-state index in [-0.39, 0.29) is 31.4 Å². The Kier molecular flexibility index (Phi) is 5.75. The van der Waals surface area contributed by atoms with Gasteiger partial charge in [-0.3, -0.25) is 10.1 Å². The number of esters is 1. The highest BCUT2D eigenvalue weighted by atomic mass is 16.7. The molecule has 0 saturated heterocycles. The molecule has 0 saturated carbocycles. The van der Waals surface area contributed by atoms with Gasteiger partial charge in [0.25, 0.3) is 5.69 Å². The van der Waals surface area contributed by atoms with Crippen molar-refractivity contribution in [2.45, 2.75) is 13.2 Å². The standard InChI is InChI=1S/C25H19N3O6/c29-25(33-15-19-12-21(28(30)31)11-18-14-32-16-34-24(18)19)23-13-22(17-7-3-1-4-8-17)26-27(23)20-9-5-2-6-10-20/h1-13H,14-16H2. The Balaban J connectivity index is 1.47. The van der Waals surface area contributed by atoms with Gasteiger partial charge in [-0.1, -0.05) is 48.5 Å². The Morgan fingerprint density at radius 1 is 1.06 bits per heavy atom. The zero-order valence-electron chi connectivity index (χ0n) is 17.9. The SMILES string of the molecule is O=C(OCc1cc([N+](=O)[O-])cc2c1OCOC2)c1cc(-c2ccccc2)nn1-c1ccccc1. The van der Waals surface area contributed by atoms with Gasteiger partial charge in [0.15, 0.2) is 12.5 Å². The quantitative estimate of drug-likeness (QED) is 0.235. The average molecular weight is 457 g/mol. The molecule has 1 aromatic heterocycles. The first-order valence-corrected chi connectivity index (χ1v) is 10.5. The first-order chi connectivity index (χ1) is 16.6. The zero-order chi connectivity index (χ0) is 23.5. The van der Waals surface area contributed by atoms with Gasteiger partial charge in [0.2, 0.25) is 0 Å². The first kappa shape index (κ1) is 21.4. The van der Waals surface area contributed by atoms with Crippen LogP contribution in [0.25, 0.3) is 16.9 Å². The van der Waals surface area contributed by atoms with Gasteiger partial charge in [-0.25, -0.2) is 9.48 Å². The van der Waals surface area contributed by atoms with Crippen LogP contribution >= 0.6 is 0 Å². The molecule has 0 radical (unpaired) electrons. The lowest BCUT2D eigenvalue weighted by molar-refractivity contribution is -0.385. The molecule has 0 aliphatic carbocycles. The molecule has 3 aromatic carbocycles.